The van der Waals surface area contributed by atoms with Gasteiger partial charge in [0.2, 0.25) is 5.95 Å². The number of hydrogen-bond donors (Lipinski definition) is 2. The van der Waals surface area contributed by atoms with E-state index in [0.717, 1.165) is 25.9 Å². The molecule has 1 aromatic heterocycles. The summed E-state index contributed by atoms with van der Waals surface area (Å²) in [6, 6.07) is 5.70. The predicted molar refractivity (Wildman–Crippen MR) is 106 cm³/mol. The molecule has 2 aromatic rings. The van der Waals surface area contributed by atoms with Crippen LogP contribution in [0, 0.1) is 5.92 Å². The molecule has 4 rings (SSSR count). The third-order valence-corrected chi connectivity index (χ3v) is 5.37. The summed E-state index contributed by atoms with van der Waals surface area (Å²) < 4.78 is 11.4. The molecule has 150 valence electrons. The Morgan fingerprint density at radius 1 is 1.11 bits per heavy atom. The molecule has 0 bridgehead atoms. The van der Waals surface area contributed by atoms with Gasteiger partial charge in [-0.2, -0.15) is 4.98 Å². The molecule has 9 nitrogen and oxygen atoms in total. The minimum Gasteiger partial charge on any atom is -0.492 e. The van der Waals surface area contributed by atoms with Gasteiger partial charge < -0.3 is 30.7 Å². The molecule has 2 aliphatic heterocycles. The Bertz CT molecular complexity index is 847. The van der Waals surface area contributed by atoms with Crippen molar-refractivity contribution >= 4 is 28.7 Å². The number of likely N-dealkylation sites (tertiary alicyclic amines) is 1. The van der Waals surface area contributed by atoms with E-state index in [1.54, 1.807) is 0 Å². The van der Waals surface area contributed by atoms with E-state index in [9.17, 15) is 4.79 Å². The van der Waals surface area contributed by atoms with Crippen molar-refractivity contribution in [1.82, 2.24) is 19.8 Å². The van der Waals surface area contributed by atoms with Crippen molar-refractivity contribution in [2.24, 2.45) is 5.92 Å². The van der Waals surface area contributed by atoms with Crippen LogP contribution in [-0.4, -0.2) is 71.8 Å². The first kappa shape index (κ1) is 18.5. The van der Waals surface area contributed by atoms with Crippen LogP contribution in [0.4, 0.5) is 16.6 Å². The van der Waals surface area contributed by atoms with Gasteiger partial charge in [-0.3, -0.25) is 0 Å². The summed E-state index contributed by atoms with van der Waals surface area (Å²) in [5.74, 6) is 1.53. The number of rotatable bonds is 3. The lowest BCUT2D eigenvalue weighted by Gasteiger charge is -2.37. The number of aromatic nitrogens is 2. The van der Waals surface area contributed by atoms with Gasteiger partial charge >= 0.3 is 6.03 Å². The average molecular weight is 386 g/mol. The van der Waals surface area contributed by atoms with Crippen LogP contribution in [0.2, 0.25) is 0 Å². The van der Waals surface area contributed by atoms with Crippen LogP contribution in [0.3, 0.4) is 0 Å². The topological polar surface area (TPSA) is 120 Å². The molecular weight excluding hydrogens is 360 g/mol. The number of ether oxygens (including phenoxy) is 2. The normalized spacial score (nSPS) is 18.4. The molecule has 2 amide bonds. The van der Waals surface area contributed by atoms with Gasteiger partial charge in [0.25, 0.3) is 0 Å². The molecule has 1 aromatic carbocycles. The van der Waals surface area contributed by atoms with Crippen molar-refractivity contribution < 1.29 is 14.3 Å². The van der Waals surface area contributed by atoms with Crippen molar-refractivity contribution in [2.45, 2.75) is 12.8 Å². The summed E-state index contributed by atoms with van der Waals surface area (Å²) in [7, 11) is 0. The van der Waals surface area contributed by atoms with Crippen LogP contribution >= 0.6 is 0 Å². The largest absolute Gasteiger partial charge is 0.492 e. The molecule has 9 heteroatoms. The lowest BCUT2D eigenvalue weighted by molar-refractivity contribution is 0.0389. The maximum atomic E-state index is 12.6. The van der Waals surface area contributed by atoms with Crippen molar-refractivity contribution in [3.8, 4) is 5.75 Å². The molecule has 0 unspecified atom stereocenters. The molecule has 4 N–H and O–H groups in total. The standard InChI is InChI=1S/C19H26N6O3/c20-17-16-14(22-18(21)23-17)2-1-3-15(16)28-12-13-4-6-24(7-5-13)19(26)25-8-10-27-11-9-25/h1-3,13H,4-12H2,(H4,20,21,22,23). The molecule has 2 saturated heterocycles. The molecule has 0 saturated carbocycles. The number of nitrogens with two attached hydrogens (primary N) is 2. The first-order valence-corrected chi connectivity index (χ1v) is 9.68. The van der Waals surface area contributed by atoms with Crippen LogP contribution in [0.25, 0.3) is 10.9 Å². The molecule has 2 fully saturated rings. The summed E-state index contributed by atoms with van der Waals surface area (Å²) in [6.45, 7) is 4.68. The molecule has 0 aliphatic carbocycles. The first-order chi connectivity index (χ1) is 13.6. The fraction of sp³-hybridized carbons (Fsp3) is 0.526. The van der Waals surface area contributed by atoms with E-state index in [1.165, 1.54) is 0 Å². The number of amides is 2. The highest BCUT2D eigenvalue weighted by Gasteiger charge is 2.27. The number of anilines is 2. The van der Waals surface area contributed by atoms with E-state index in [2.05, 4.69) is 9.97 Å². The fourth-order valence-electron chi connectivity index (χ4n) is 3.77. The lowest BCUT2D eigenvalue weighted by Crippen LogP contribution is -2.50. The maximum absolute atomic E-state index is 12.6. The van der Waals surface area contributed by atoms with Gasteiger partial charge in [-0.05, 0) is 30.9 Å². The molecule has 0 radical (unpaired) electrons. The van der Waals surface area contributed by atoms with E-state index < -0.39 is 0 Å². The zero-order valence-corrected chi connectivity index (χ0v) is 15.8. The fourth-order valence-corrected chi connectivity index (χ4v) is 3.77. The molecule has 0 spiro atoms. The summed E-state index contributed by atoms with van der Waals surface area (Å²) >= 11 is 0. The SMILES string of the molecule is Nc1nc(N)c2c(OCC3CCN(C(=O)N4CCOCC4)CC3)cccc2n1. The molecular formula is C19H26N6O3. The Morgan fingerprint density at radius 3 is 2.57 bits per heavy atom. The zero-order chi connectivity index (χ0) is 19.5. The Balaban J connectivity index is 1.33. The predicted octanol–water partition coefficient (Wildman–Crippen LogP) is 1.34. The van der Waals surface area contributed by atoms with Crippen molar-refractivity contribution in [3.63, 3.8) is 0 Å². The number of nitrogens with zero attached hydrogens (tertiary/aromatic N) is 4. The van der Waals surface area contributed by atoms with E-state index in [0.29, 0.717) is 61.3 Å². The summed E-state index contributed by atoms with van der Waals surface area (Å²) in [6.07, 6.45) is 1.83. The highest BCUT2D eigenvalue weighted by atomic mass is 16.5. The van der Waals surface area contributed by atoms with Crippen molar-refractivity contribution in [1.29, 1.82) is 0 Å². The quantitative estimate of drug-likeness (QED) is 0.817. The minimum atomic E-state index is 0.124. The number of urea groups is 1. The van der Waals surface area contributed by atoms with Gasteiger partial charge in [-0.25, -0.2) is 9.78 Å². The first-order valence-electron chi connectivity index (χ1n) is 9.68. The highest BCUT2D eigenvalue weighted by Crippen LogP contribution is 2.30. The van der Waals surface area contributed by atoms with Crippen molar-refractivity contribution in [3.05, 3.63) is 18.2 Å². The van der Waals surface area contributed by atoms with Gasteiger partial charge in [0.15, 0.2) is 0 Å². The van der Waals surface area contributed by atoms with Crippen LogP contribution in [0.1, 0.15) is 12.8 Å². The van der Waals surface area contributed by atoms with Crippen LogP contribution < -0.4 is 16.2 Å². The molecule has 3 heterocycles. The second kappa shape index (κ2) is 8.05. The summed E-state index contributed by atoms with van der Waals surface area (Å²) in [5, 5.41) is 0.691. The number of morpholine rings is 1. The average Bonchev–Trinajstić information content (AvgIpc) is 2.72. The van der Waals surface area contributed by atoms with Gasteiger partial charge in [-0.15, -0.1) is 0 Å². The number of carbonyl (C=O) groups excluding carboxylic acids is 1. The Hall–Kier alpha value is -2.81. The maximum Gasteiger partial charge on any atom is 0.320 e. The molecule has 0 atom stereocenters. The van der Waals surface area contributed by atoms with Gasteiger partial charge in [-0.1, -0.05) is 6.07 Å². The van der Waals surface area contributed by atoms with E-state index >= 15 is 0 Å². The minimum absolute atomic E-state index is 0.124. The van der Waals surface area contributed by atoms with E-state index in [4.69, 9.17) is 20.9 Å². The molecule has 28 heavy (non-hydrogen) atoms. The van der Waals surface area contributed by atoms with E-state index in [1.807, 2.05) is 28.0 Å². The number of carbonyl (C=O) groups is 1. The van der Waals surface area contributed by atoms with Crippen LogP contribution in [-0.2, 0) is 4.74 Å². The number of nitrogen functional groups attached to an aromatic ring is 2. The Kier molecular flexibility index (Phi) is 5.34. The number of piperidine rings is 1. The lowest BCUT2D eigenvalue weighted by atomic mass is 9.98. The smallest absolute Gasteiger partial charge is 0.320 e. The Morgan fingerprint density at radius 2 is 1.82 bits per heavy atom. The monoisotopic (exact) mass is 386 g/mol. The van der Waals surface area contributed by atoms with Crippen molar-refractivity contribution in [2.75, 3.05) is 57.5 Å². The second-order valence-electron chi connectivity index (χ2n) is 7.24. The third kappa shape index (κ3) is 3.89. The number of fused-ring (bicyclic) bond motifs is 1. The summed E-state index contributed by atoms with van der Waals surface area (Å²) in [5.41, 5.74) is 12.4. The number of hydrogen-bond acceptors (Lipinski definition) is 7. The second-order valence-corrected chi connectivity index (χ2v) is 7.24. The van der Waals surface area contributed by atoms with Gasteiger partial charge in [0.05, 0.1) is 30.7 Å². The van der Waals surface area contributed by atoms with Gasteiger partial charge in [0.1, 0.15) is 11.6 Å². The summed E-state index contributed by atoms with van der Waals surface area (Å²) in [4.78, 5) is 24.6. The van der Waals surface area contributed by atoms with Crippen LogP contribution in [0.5, 0.6) is 5.75 Å². The zero-order valence-electron chi connectivity index (χ0n) is 15.8. The van der Waals surface area contributed by atoms with Crippen LogP contribution in [0.15, 0.2) is 18.2 Å². The number of benzene rings is 1. The Labute approximate surface area is 163 Å². The highest BCUT2D eigenvalue weighted by molar-refractivity contribution is 5.94. The van der Waals surface area contributed by atoms with Gasteiger partial charge in [0, 0.05) is 26.2 Å². The molecule has 2 aliphatic rings. The third-order valence-electron chi connectivity index (χ3n) is 5.37. The van der Waals surface area contributed by atoms with E-state index in [-0.39, 0.29) is 12.0 Å².